The molecule has 0 radical (unpaired) electrons. The molecule has 0 bridgehead atoms. The zero-order valence-electron chi connectivity index (χ0n) is 11.5. The molecule has 0 spiro atoms. The van der Waals surface area contributed by atoms with Crippen LogP contribution < -0.4 is 0 Å². The van der Waals surface area contributed by atoms with Crippen molar-refractivity contribution in [2.45, 2.75) is 5.79 Å². The van der Waals surface area contributed by atoms with Crippen LogP contribution in [0.25, 0.3) is 10.8 Å². The number of rotatable bonds is 1. The third-order valence-corrected chi connectivity index (χ3v) is 4.02. The van der Waals surface area contributed by atoms with Crippen molar-refractivity contribution < 1.29 is 19.7 Å². The Morgan fingerprint density at radius 3 is 2.32 bits per heavy atom. The number of aliphatic hydroxyl groups is 1. The molecule has 0 aromatic heterocycles. The Bertz CT molecular complexity index is 916. The van der Waals surface area contributed by atoms with Gasteiger partial charge in [-0.2, -0.15) is 0 Å². The zero-order chi connectivity index (χ0) is 15.3. The lowest BCUT2D eigenvalue weighted by Gasteiger charge is -2.24. The van der Waals surface area contributed by atoms with Crippen molar-refractivity contribution in [3.63, 3.8) is 0 Å². The maximum absolute atomic E-state index is 12.0. The van der Waals surface area contributed by atoms with E-state index in [1.54, 1.807) is 54.6 Å². The molecule has 0 amide bonds. The Kier molecular flexibility index (Phi) is 2.53. The lowest BCUT2D eigenvalue weighted by atomic mass is 9.91. The third kappa shape index (κ3) is 1.58. The van der Waals surface area contributed by atoms with E-state index in [9.17, 15) is 15.0 Å². The minimum Gasteiger partial charge on any atom is -0.507 e. The fraction of sp³-hybridized carbons (Fsp3) is 0.0556. The second-order valence-corrected chi connectivity index (χ2v) is 5.26. The molecule has 1 atom stereocenters. The van der Waals surface area contributed by atoms with Gasteiger partial charge in [0.2, 0.25) is 0 Å². The molecular formula is C18H12O4. The topological polar surface area (TPSA) is 66.8 Å². The van der Waals surface area contributed by atoms with Crippen LogP contribution >= 0.6 is 0 Å². The third-order valence-electron chi connectivity index (χ3n) is 4.02. The highest BCUT2D eigenvalue weighted by Crippen LogP contribution is 2.43. The molecule has 1 heterocycles. The van der Waals surface area contributed by atoms with Gasteiger partial charge in [0.25, 0.3) is 5.79 Å². The van der Waals surface area contributed by atoms with E-state index in [4.69, 9.17) is 4.74 Å². The summed E-state index contributed by atoms with van der Waals surface area (Å²) in [7, 11) is 0. The minimum absolute atomic E-state index is 0.112. The van der Waals surface area contributed by atoms with Crippen LogP contribution in [0.2, 0.25) is 0 Å². The minimum atomic E-state index is -1.85. The first-order chi connectivity index (χ1) is 10.6. The highest BCUT2D eigenvalue weighted by Gasteiger charge is 2.46. The number of hydrogen-bond donors (Lipinski definition) is 2. The van der Waals surface area contributed by atoms with Gasteiger partial charge in [-0.3, -0.25) is 0 Å². The van der Waals surface area contributed by atoms with E-state index in [-0.39, 0.29) is 5.75 Å². The van der Waals surface area contributed by atoms with Crippen LogP contribution in [-0.4, -0.2) is 16.2 Å². The first-order valence-corrected chi connectivity index (χ1v) is 6.87. The van der Waals surface area contributed by atoms with Crippen LogP contribution in [0.4, 0.5) is 0 Å². The average Bonchev–Trinajstić information content (AvgIpc) is 2.80. The Morgan fingerprint density at radius 2 is 1.50 bits per heavy atom. The van der Waals surface area contributed by atoms with Crippen LogP contribution in [0.3, 0.4) is 0 Å². The molecule has 3 aromatic carbocycles. The first kappa shape index (κ1) is 12.9. The van der Waals surface area contributed by atoms with Crippen molar-refractivity contribution in [2.75, 3.05) is 0 Å². The summed E-state index contributed by atoms with van der Waals surface area (Å²) in [6.07, 6.45) is 0. The van der Waals surface area contributed by atoms with Crippen molar-refractivity contribution in [3.05, 3.63) is 77.4 Å². The monoisotopic (exact) mass is 292 g/mol. The number of phenols is 1. The maximum atomic E-state index is 12.0. The summed E-state index contributed by atoms with van der Waals surface area (Å²) in [4.78, 5) is 12.0. The van der Waals surface area contributed by atoms with Crippen LogP contribution in [0.5, 0.6) is 5.75 Å². The summed E-state index contributed by atoms with van der Waals surface area (Å²) in [6.45, 7) is 0. The van der Waals surface area contributed by atoms with Crippen LogP contribution in [-0.2, 0) is 10.5 Å². The molecular weight excluding hydrogens is 280 g/mol. The fourth-order valence-corrected chi connectivity index (χ4v) is 2.98. The number of phenolic OH excluding ortho intramolecular Hbond substituents is 1. The molecule has 0 saturated heterocycles. The molecule has 0 saturated carbocycles. The molecule has 4 rings (SSSR count). The van der Waals surface area contributed by atoms with Gasteiger partial charge in [-0.05, 0) is 23.6 Å². The number of carbonyl (C=O) groups is 1. The molecule has 1 aliphatic rings. The Hall–Kier alpha value is -2.85. The van der Waals surface area contributed by atoms with Crippen molar-refractivity contribution >= 4 is 16.7 Å². The van der Waals surface area contributed by atoms with Crippen LogP contribution in [0, 0.1) is 0 Å². The van der Waals surface area contributed by atoms with Crippen molar-refractivity contribution in [1.29, 1.82) is 0 Å². The molecule has 108 valence electrons. The summed E-state index contributed by atoms with van der Waals surface area (Å²) in [6, 6.07) is 17.0. The van der Waals surface area contributed by atoms with Gasteiger partial charge < -0.3 is 14.9 Å². The van der Waals surface area contributed by atoms with Gasteiger partial charge >= 0.3 is 5.97 Å². The highest BCUT2D eigenvalue weighted by molar-refractivity contribution is 5.97. The van der Waals surface area contributed by atoms with Gasteiger partial charge in [0.1, 0.15) is 5.75 Å². The summed E-state index contributed by atoms with van der Waals surface area (Å²) >= 11 is 0. The molecule has 1 aliphatic heterocycles. The lowest BCUT2D eigenvalue weighted by molar-refractivity contribution is -0.128. The summed E-state index contributed by atoms with van der Waals surface area (Å²) in [5.74, 6) is -2.29. The smallest absolute Gasteiger partial charge is 0.341 e. The molecule has 0 aliphatic carbocycles. The van der Waals surface area contributed by atoms with Gasteiger partial charge in [0.05, 0.1) is 5.56 Å². The Labute approximate surface area is 126 Å². The summed E-state index contributed by atoms with van der Waals surface area (Å²) in [5, 5.41) is 22.3. The Balaban J connectivity index is 2.05. The molecule has 1 unspecified atom stereocenters. The fourth-order valence-electron chi connectivity index (χ4n) is 2.98. The van der Waals surface area contributed by atoms with E-state index in [1.807, 2.05) is 0 Å². The normalized spacial score (nSPS) is 20.0. The predicted molar refractivity (Wildman–Crippen MR) is 80.5 cm³/mol. The number of cyclic esters (lactones) is 1. The molecule has 4 heteroatoms. The number of fused-ring (bicyclic) bond motifs is 2. The van der Waals surface area contributed by atoms with E-state index in [0.717, 1.165) is 0 Å². The molecule has 2 N–H and O–H groups in total. The van der Waals surface area contributed by atoms with E-state index < -0.39 is 11.8 Å². The van der Waals surface area contributed by atoms with Gasteiger partial charge in [-0.15, -0.1) is 0 Å². The van der Waals surface area contributed by atoms with Gasteiger partial charge in [0, 0.05) is 16.5 Å². The van der Waals surface area contributed by atoms with Crippen molar-refractivity contribution in [1.82, 2.24) is 0 Å². The molecule has 4 nitrogen and oxygen atoms in total. The van der Waals surface area contributed by atoms with Crippen LogP contribution in [0.15, 0.2) is 60.7 Å². The van der Waals surface area contributed by atoms with E-state index in [1.165, 1.54) is 6.07 Å². The summed E-state index contributed by atoms with van der Waals surface area (Å²) < 4.78 is 5.29. The zero-order valence-corrected chi connectivity index (χ0v) is 11.5. The van der Waals surface area contributed by atoms with Gasteiger partial charge in [0.15, 0.2) is 0 Å². The number of benzene rings is 3. The summed E-state index contributed by atoms with van der Waals surface area (Å²) in [5.41, 5.74) is 1.19. The maximum Gasteiger partial charge on any atom is 0.341 e. The van der Waals surface area contributed by atoms with Gasteiger partial charge in [-0.25, -0.2) is 4.79 Å². The van der Waals surface area contributed by atoms with Crippen molar-refractivity contribution in [2.24, 2.45) is 0 Å². The van der Waals surface area contributed by atoms with E-state index in [0.29, 0.717) is 27.5 Å². The SMILES string of the molecule is O=C1OC(O)(c2ccc(O)c3ccccc23)c2ccccc21. The second kappa shape index (κ2) is 4.32. The van der Waals surface area contributed by atoms with Crippen LogP contribution in [0.1, 0.15) is 21.5 Å². The lowest BCUT2D eigenvalue weighted by Crippen LogP contribution is -2.27. The second-order valence-electron chi connectivity index (χ2n) is 5.26. The largest absolute Gasteiger partial charge is 0.507 e. The molecule has 0 fully saturated rings. The first-order valence-electron chi connectivity index (χ1n) is 6.87. The quantitative estimate of drug-likeness (QED) is 0.677. The number of aromatic hydroxyl groups is 1. The average molecular weight is 292 g/mol. The van der Waals surface area contributed by atoms with Crippen molar-refractivity contribution in [3.8, 4) is 5.75 Å². The number of carbonyl (C=O) groups excluding carboxylic acids is 1. The Morgan fingerprint density at radius 1 is 0.818 bits per heavy atom. The van der Waals surface area contributed by atoms with E-state index >= 15 is 0 Å². The van der Waals surface area contributed by atoms with E-state index in [2.05, 4.69) is 0 Å². The number of hydrogen-bond acceptors (Lipinski definition) is 4. The molecule has 3 aromatic rings. The highest BCUT2D eigenvalue weighted by atomic mass is 16.7. The standard InChI is InChI=1S/C18H12O4/c19-16-10-9-15(11-5-1-2-6-12(11)16)18(21)14-8-4-3-7-13(14)17(20)22-18/h1-10,19,21H. The van der Waals surface area contributed by atoms with Gasteiger partial charge in [-0.1, -0.05) is 42.5 Å². The predicted octanol–water partition coefficient (Wildman–Crippen LogP) is 2.91. The number of ether oxygens (including phenoxy) is 1. The number of esters is 1. The molecule has 22 heavy (non-hydrogen) atoms.